The van der Waals surface area contributed by atoms with E-state index in [0.29, 0.717) is 10.7 Å². The molecule has 1 heterocycles. The van der Waals surface area contributed by atoms with Crippen molar-refractivity contribution >= 4 is 11.6 Å². The first kappa shape index (κ1) is 9.97. The molecule has 0 atom stereocenters. The standard InChI is InChI=1S/C10H16ClN3/c1-2-10(5-3-4-6-10)7-14-8-12-13-9(14)11/h8H,2-7H2,1H3. The second-order valence-corrected chi connectivity index (χ2v) is 4.63. The number of hydrogen-bond donors (Lipinski definition) is 0. The fraction of sp³-hybridized carbons (Fsp3) is 0.800. The van der Waals surface area contributed by atoms with Crippen LogP contribution in [-0.4, -0.2) is 14.8 Å². The van der Waals surface area contributed by atoms with Crippen LogP contribution in [0.5, 0.6) is 0 Å². The van der Waals surface area contributed by atoms with Crippen LogP contribution in [0.2, 0.25) is 5.28 Å². The van der Waals surface area contributed by atoms with Crippen LogP contribution in [0.4, 0.5) is 0 Å². The normalized spacial score (nSPS) is 20.1. The Balaban J connectivity index is 2.12. The van der Waals surface area contributed by atoms with Gasteiger partial charge < -0.3 is 4.57 Å². The first-order valence-electron chi connectivity index (χ1n) is 5.29. The molecule has 0 saturated heterocycles. The highest BCUT2D eigenvalue weighted by Crippen LogP contribution is 2.42. The zero-order chi connectivity index (χ0) is 10.0. The Morgan fingerprint density at radius 3 is 2.71 bits per heavy atom. The minimum absolute atomic E-state index is 0.450. The Labute approximate surface area is 89.5 Å². The zero-order valence-corrected chi connectivity index (χ0v) is 9.30. The molecule has 0 bridgehead atoms. The van der Waals surface area contributed by atoms with Crippen LogP contribution in [0.3, 0.4) is 0 Å². The highest BCUT2D eigenvalue weighted by atomic mass is 35.5. The fourth-order valence-electron chi connectivity index (χ4n) is 2.46. The third-order valence-electron chi connectivity index (χ3n) is 3.49. The summed E-state index contributed by atoms with van der Waals surface area (Å²) in [5.74, 6) is 0. The molecule has 1 aromatic heterocycles. The predicted octanol–water partition coefficient (Wildman–Crippen LogP) is 2.90. The molecule has 1 aliphatic rings. The molecular formula is C10H16ClN3. The lowest BCUT2D eigenvalue weighted by molar-refractivity contribution is 0.237. The van der Waals surface area contributed by atoms with Crippen molar-refractivity contribution in [2.75, 3.05) is 0 Å². The van der Waals surface area contributed by atoms with E-state index in [-0.39, 0.29) is 0 Å². The lowest BCUT2D eigenvalue weighted by atomic mass is 9.83. The van der Waals surface area contributed by atoms with Crippen molar-refractivity contribution in [1.82, 2.24) is 14.8 Å². The number of halogens is 1. The maximum Gasteiger partial charge on any atom is 0.224 e. The Bertz CT molecular complexity index is 302. The first-order valence-corrected chi connectivity index (χ1v) is 5.67. The van der Waals surface area contributed by atoms with Crippen molar-refractivity contribution in [3.63, 3.8) is 0 Å². The van der Waals surface area contributed by atoms with Crippen molar-refractivity contribution < 1.29 is 0 Å². The van der Waals surface area contributed by atoms with Crippen LogP contribution in [-0.2, 0) is 6.54 Å². The minimum Gasteiger partial charge on any atom is -0.304 e. The van der Waals surface area contributed by atoms with Crippen LogP contribution in [0, 0.1) is 5.41 Å². The molecule has 0 unspecified atom stereocenters. The van der Waals surface area contributed by atoms with Crippen LogP contribution in [0.15, 0.2) is 6.33 Å². The molecule has 1 aliphatic carbocycles. The maximum atomic E-state index is 5.93. The van der Waals surface area contributed by atoms with Gasteiger partial charge in [0.2, 0.25) is 5.28 Å². The number of aromatic nitrogens is 3. The van der Waals surface area contributed by atoms with Gasteiger partial charge in [0, 0.05) is 6.54 Å². The molecule has 2 rings (SSSR count). The molecule has 14 heavy (non-hydrogen) atoms. The van der Waals surface area contributed by atoms with Crippen molar-refractivity contribution in [1.29, 1.82) is 0 Å². The molecule has 0 N–H and O–H groups in total. The van der Waals surface area contributed by atoms with Crippen LogP contribution in [0.1, 0.15) is 39.0 Å². The molecule has 1 aromatic rings. The van der Waals surface area contributed by atoms with E-state index in [9.17, 15) is 0 Å². The van der Waals surface area contributed by atoms with Crippen molar-refractivity contribution in [3.05, 3.63) is 11.6 Å². The van der Waals surface area contributed by atoms with E-state index in [1.165, 1.54) is 32.1 Å². The summed E-state index contributed by atoms with van der Waals surface area (Å²) in [4.78, 5) is 0. The van der Waals surface area contributed by atoms with Gasteiger partial charge >= 0.3 is 0 Å². The predicted molar refractivity (Wildman–Crippen MR) is 56.2 cm³/mol. The number of rotatable bonds is 3. The maximum absolute atomic E-state index is 5.93. The summed E-state index contributed by atoms with van der Waals surface area (Å²) in [5.41, 5.74) is 0.450. The molecule has 78 valence electrons. The van der Waals surface area contributed by atoms with Gasteiger partial charge in [0.25, 0.3) is 0 Å². The molecule has 0 amide bonds. The summed E-state index contributed by atoms with van der Waals surface area (Å²) in [7, 11) is 0. The van der Waals surface area contributed by atoms with Gasteiger partial charge in [0.05, 0.1) is 0 Å². The van der Waals surface area contributed by atoms with Crippen LogP contribution < -0.4 is 0 Å². The Hall–Kier alpha value is -0.570. The quantitative estimate of drug-likeness (QED) is 0.773. The van der Waals surface area contributed by atoms with Gasteiger partial charge in [0.15, 0.2) is 0 Å². The van der Waals surface area contributed by atoms with Gasteiger partial charge in [-0.1, -0.05) is 19.8 Å². The molecule has 0 aromatic carbocycles. The molecule has 4 heteroatoms. The topological polar surface area (TPSA) is 30.7 Å². The van der Waals surface area contributed by atoms with Crippen molar-refractivity contribution in [2.45, 2.75) is 45.6 Å². The van der Waals surface area contributed by atoms with Crippen molar-refractivity contribution in [2.24, 2.45) is 5.41 Å². The lowest BCUT2D eigenvalue weighted by Crippen LogP contribution is -2.22. The molecule has 0 radical (unpaired) electrons. The van der Waals surface area contributed by atoms with Crippen LogP contribution >= 0.6 is 11.6 Å². The summed E-state index contributed by atoms with van der Waals surface area (Å²) in [5, 5.41) is 8.13. The highest BCUT2D eigenvalue weighted by molar-refractivity contribution is 6.28. The smallest absolute Gasteiger partial charge is 0.224 e. The highest BCUT2D eigenvalue weighted by Gasteiger charge is 2.32. The molecule has 1 fully saturated rings. The third kappa shape index (κ3) is 1.78. The molecule has 3 nitrogen and oxygen atoms in total. The Morgan fingerprint density at radius 1 is 1.50 bits per heavy atom. The zero-order valence-electron chi connectivity index (χ0n) is 8.54. The fourth-order valence-corrected chi connectivity index (χ4v) is 2.60. The first-order chi connectivity index (χ1) is 6.76. The third-order valence-corrected chi connectivity index (χ3v) is 3.78. The van der Waals surface area contributed by atoms with E-state index in [1.807, 2.05) is 4.57 Å². The van der Waals surface area contributed by atoms with Gasteiger partial charge in [-0.25, -0.2) is 0 Å². The van der Waals surface area contributed by atoms with E-state index >= 15 is 0 Å². The second-order valence-electron chi connectivity index (χ2n) is 4.29. The monoisotopic (exact) mass is 213 g/mol. The summed E-state index contributed by atoms with van der Waals surface area (Å²) in [6, 6.07) is 0. The number of nitrogens with zero attached hydrogens (tertiary/aromatic N) is 3. The van der Waals surface area contributed by atoms with Gasteiger partial charge in [-0.2, -0.15) is 0 Å². The van der Waals surface area contributed by atoms with E-state index in [4.69, 9.17) is 11.6 Å². The summed E-state index contributed by atoms with van der Waals surface area (Å²) >= 11 is 5.93. The summed E-state index contributed by atoms with van der Waals surface area (Å²) in [6.07, 6.45) is 8.30. The number of hydrogen-bond acceptors (Lipinski definition) is 2. The minimum atomic E-state index is 0.450. The summed E-state index contributed by atoms with van der Waals surface area (Å²) in [6.45, 7) is 3.25. The molecular weight excluding hydrogens is 198 g/mol. The van der Waals surface area contributed by atoms with Gasteiger partial charge in [0.1, 0.15) is 6.33 Å². The lowest BCUT2D eigenvalue weighted by Gasteiger charge is -2.27. The van der Waals surface area contributed by atoms with E-state index in [1.54, 1.807) is 6.33 Å². The molecule has 1 saturated carbocycles. The Morgan fingerprint density at radius 2 is 2.21 bits per heavy atom. The SMILES string of the molecule is CCC1(Cn2cnnc2Cl)CCCC1. The average molecular weight is 214 g/mol. The average Bonchev–Trinajstić information content (AvgIpc) is 2.79. The molecule has 0 aliphatic heterocycles. The van der Waals surface area contributed by atoms with Gasteiger partial charge in [-0.3, -0.25) is 0 Å². The second kappa shape index (κ2) is 3.89. The Kier molecular flexibility index (Phi) is 2.77. The molecule has 0 spiro atoms. The van der Waals surface area contributed by atoms with Crippen LogP contribution in [0.25, 0.3) is 0 Å². The van der Waals surface area contributed by atoms with E-state index in [2.05, 4.69) is 17.1 Å². The van der Waals surface area contributed by atoms with Crippen molar-refractivity contribution in [3.8, 4) is 0 Å². The largest absolute Gasteiger partial charge is 0.304 e. The van der Waals surface area contributed by atoms with E-state index in [0.717, 1.165) is 6.54 Å². The van der Waals surface area contributed by atoms with Gasteiger partial charge in [-0.15, -0.1) is 10.2 Å². The van der Waals surface area contributed by atoms with Gasteiger partial charge in [-0.05, 0) is 36.3 Å². The van der Waals surface area contributed by atoms with E-state index < -0.39 is 0 Å². The summed E-state index contributed by atoms with van der Waals surface area (Å²) < 4.78 is 1.97.